The van der Waals surface area contributed by atoms with Gasteiger partial charge in [0.15, 0.2) is 0 Å². The Bertz CT molecular complexity index is 411. The summed E-state index contributed by atoms with van der Waals surface area (Å²) in [4.78, 5) is 4.05. The van der Waals surface area contributed by atoms with Gasteiger partial charge in [-0.1, -0.05) is 0 Å². The molecule has 0 bridgehead atoms. The lowest BCUT2D eigenvalue weighted by Crippen LogP contribution is -2.51. The molecule has 2 N–H and O–H groups in total. The van der Waals surface area contributed by atoms with E-state index in [1.54, 1.807) is 12.3 Å². The van der Waals surface area contributed by atoms with Crippen molar-refractivity contribution in [3.05, 3.63) is 28.5 Å². The predicted octanol–water partition coefficient (Wildman–Crippen LogP) is 2.10. The topological polar surface area (TPSA) is 68.2 Å². The van der Waals surface area contributed by atoms with E-state index in [-0.39, 0.29) is 11.4 Å². The highest BCUT2D eigenvalue weighted by Gasteiger charge is 2.36. The summed E-state index contributed by atoms with van der Waals surface area (Å²) in [6.07, 6.45) is 1.65. The molecule has 2 atom stereocenters. The van der Waals surface area contributed by atoms with Gasteiger partial charge < -0.3 is 9.66 Å². The van der Waals surface area contributed by atoms with Gasteiger partial charge in [0.05, 0.1) is 6.61 Å². The third-order valence-corrected chi connectivity index (χ3v) is 4.74. The minimum absolute atomic E-state index is 0.148. The molecule has 1 rings (SSSR count). The number of halogens is 1. The zero-order valence-electron chi connectivity index (χ0n) is 11.0. The second-order valence-electron chi connectivity index (χ2n) is 5.34. The quantitative estimate of drug-likeness (QED) is 0.653. The second kappa shape index (κ2) is 5.88. The Labute approximate surface area is 120 Å². The highest BCUT2D eigenvalue weighted by Crippen LogP contribution is 2.26. The fourth-order valence-corrected chi connectivity index (χ4v) is 2.55. The second-order valence-corrected chi connectivity index (χ2v) is 8.12. The highest BCUT2D eigenvalue weighted by atomic mass is 79.9. The van der Waals surface area contributed by atoms with E-state index in [9.17, 15) is 9.66 Å². The molecule has 0 aliphatic heterocycles. The van der Waals surface area contributed by atoms with Gasteiger partial charge in [0.2, 0.25) is 0 Å². The molecule has 0 saturated heterocycles. The Balaban J connectivity index is 2.99. The molecule has 1 heterocycles. The molecule has 1 unspecified atom stereocenters. The molecule has 1 aromatic heterocycles. The van der Waals surface area contributed by atoms with Crippen molar-refractivity contribution in [3.63, 3.8) is 0 Å². The molecule has 1 aromatic rings. The number of aromatic nitrogens is 1. The smallest absolute Gasteiger partial charge is 0.136 e. The average Bonchev–Trinajstić information content (AvgIpc) is 2.27. The number of hydrogen-bond donors (Lipinski definition) is 2. The van der Waals surface area contributed by atoms with E-state index in [1.807, 2.05) is 33.8 Å². The van der Waals surface area contributed by atoms with Crippen molar-refractivity contribution in [2.24, 2.45) is 0 Å². The lowest BCUT2D eigenvalue weighted by molar-refractivity contribution is 0.195. The van der Waals surface area contributed by atoms with Crippen LogP contribution in [0.15, 0.2) is 22.9 Å². The first-order valence-electron chi connectivity index (χ1n) is 5.61. The van der Waals surface area contributed by atoms with Gasteiger partial charge in [0, 0.05) is 17.6 Å². The first-order valence-corrected chi connectivity index (χ1v) is 7.56. The standard InChI is InChI=1S/C12H19BrN2O2S/c1-11(2,3)18(17)15-12(4,8-16)9-5-6-14-10(13)7-9/h5-7,15-16H,8H2,1-4H3/t12?,18-/m0/s1. The molecule has 0 amide bonds. The highest BCUT2D eigenvalue weighted by molar-refractivity contribution is 9.10. The lowest BCUT2D eigenvalue weighted by Gasteiger charge is -2.33. The van der Waals surface area contributed by atoms with E-state index in [4.69, 9.17) is 0 Å². The molecule has 0 aliphatic carbocycles. The molecule has 6 heteroatoms. The van der Waals surface area contributed by atoms with Crippen LogP contribution in [0.2, 0.25) is 0 Å². The maximum atomic E-state index is 12.2. The predicted molar refractivity (Wildman–Crippen MR) is 77.4 cm³/mol. The Morgan fingerprint density at radius 3 is 2.50 bits per heavy atom. The summed E-state index contributed by atoms with van der Waals surface area (Å²) >= 11 is 2.03. The Morgan fingerprint density at radius 1 is 1.44 bits per heavy atom. The fourth-order valence-electron chi connectivity index (χ4n) is 1.29. The molecule has 0 radical (unpaired) electrons. The summed E-state index contributed by atoms with van der Waals surface area (Å²) in [5, 5.41) is 9.61. The van der Waals surface area contributed by atoms with Crippen molar-refractivity contribution in [1.82, 2.24) is 9.71 Å². The number of nitrogens with one attached hydrogen (secondary N) is 1. The van der Waals surface area contributed by atoms with Crippen LogP contribution in [0.3, 0.4) is 0 Å². The molecule has 0 aliphatic rings. The third kappa shape index (κ3) is 3.93. The van der Waals surface area contributed by atoms with Crippen molar-refractivity contribution < 1.29 is 9.66 Å². The summed E-state index contributed by atoms with van der Waals surface area (Å²) in [5.74, 6) is 0. The number of rotatable bonds is 4. The normalized spacial score (nSPS) is 17.3. The number of aliphatic hydroxyl groups excluding tert-OH is 1. The van der Waals surface area contributed by atoms with E-state index in [1.165, 1.54) is 0 Å². The maximum Gasteiger partial charge on any atom is 0.136 e. The van der Waals surface area contributed by atoms with Gasteiger partial charge in [0.1, 0.15) is 14.9 Å². The number of hydrogen-bond acceptors (Lipinski definition) is 4. The van der Waals surface area contributed by atoms with Crippen LogP contribution in [0.25, 0.3) is 0 Å². The molecular weight excluding hydrogens is 316 g/mol. The van der Waals surface area contributed by atoms with Gasteiger partial charge in [-0.2, -0.15) is 0 Å². The maximum absolute atomic E-state index is 12.2. The molecule has 0 fully saturated rings. The van der Waals surface area contributed by atoms with Gasteiger partial charge in [-0.25, -0.2) is 4.98 Å². The van der Waals surface area contributed by atoms with Crippen LogP contribution >= 0.6 is 15.9 Å². The van der Waals surface area contributed by atoms with E-state index in [2.05, 4.69) is 25.6 Å². The summed E-state index contributed by atoms with van der Waals surface area (Å²) in [7, 11) is 0. The molecule has 102 valence electrons. The van der Waals surface area contributed by atoms with E-state index in [0.717, 1.165) is 5.56 Å². The van der Waals surface area contributed by atoms with Crippen LogP contribution in [-0.2, 0) is 16.9 Å². The summed E-state index contributed by atoms with van der Waals surface area (Å²) in [6.45, 7) is 7.33. The molecule has 0 saturated carbocycles. The van der Waals surface area contributed by atoms with Crippen molar-refractivity contribution in [1.29, 1.82) is 0 Å². The van der Waals surface area contributed by atoms with Crippen molar-refractivity contribution in [2.45, 2.75) is 38.0 Å². The summed E-state index contributed by atoms with van der Waals surface area (Å²) in [6, 6.07) is 3.61. The number of pyridine rings is 1. The van der Waals surface area contributed by atoms with Gasteiger partial charge in [-0.15, -0.1) is 4.72 Å². The van der Waals surface area contributed by atoms with E-state index < -0.39 is 16.9 Å². The summed E-state index contributed by atoms with van der Waals surface area (Å²) in [5.41, 5.74) is 0.0772. The number of aliphatic hydroxyl groups is 1. The Hall–Kier alpha value is -0.140. The molecular formula is C12H19BrN2O2S. The molecule has 4 nitrogen and oxygen atoms in total. The molecule has 0 spiro atoms. The largest absolute Gasteiger partial charge is 0.598 e. The first kappa shape index (κ1) is 15.9. The van der Waals surface area contributed by atoms with Crippen LogP contribution in [0.1, 0.15) is 33.3 Å². The van der Waals surface area contributed by atoms with E-state index >= 15 is 0 Å². The average molecular weight is 335 g/mol. The monoisotopic (exact) mass is 334 g/mol. The first-order chi connectivity index (χ1) is 8.19. The van der Waals surface area contributed by atoms with Crippen LogP contribution in [-0.4, -0.2) is 26.0 Å². The summed E-state index contributed by atoms with van der Waals surface area (Å²) < 4.78 is 15.5. The molecule has 18 heavy (non-hydrogen) atoms. The van der Waals surface area contributed by atoms with Crippen molar-refractivity contribution >= 4 is 27.3 Å². The minimum atomic E-state index is -1.26. The van der Waals surface area contributed by atoms with Gasteiger partial charge in [-0.3, -0.25) is 0 Å². The SMILES string of the molecule is CC(CO)(N[S@@+]([O-])C(C)(C)C)c1ccnc(Br)c1. The Kier molecular flexibility index (Phi) is 5.20. The van der Waals surface area contributed by atoms with E-state index in [0.29, 0.717) is 4.60 Å². The lowest BCUT2D eigenvalue weighted by atomic mass is 9.95. The zero-order valence-corrected chi connectivity index (χ0v) is 13.4. The zero-order chi connectivity index (χ0) is 14.0. The van der Waals surface area contributed by atoms with Crippen LogP contribution in [0.4, 0.5) is 0 Å². The Morgan fingerprint density at radius 2 is 2.06 bits per heavy atom. The minimum Gasteiger partial charge on any atom is -0.598 e. The van der Waals surface area contributed by atoms with Crippen molar-refractivity contribution in [2.75, 3.05) is 6.61 Å². The van der Waals surface area contributed by atoms with Crippen LogP contribution < -0.4 is 4.72 Å². The van der Waals surface area contributed by atoms with Gasteiger partial charge >= 0.3 is 0 Å². The number of nitrogens with zero attached hydrogens (tertiary/aromatic N) is 1. The van der Waals surface area contributed by atoms with Crippen LogP contribution in [0.5, 0.6) is 0 Å². The van der Waals surface area contributed by atoms with Crippen molar-refractivity contribution in [3.8, 4) is 0 Å². The van der Waals surface area contributed by atoms with Crippen LogP contribution in [0, 0.1) is 0 Å². The van der Waals surface area contributed by atoms with Gasteiger partial charge in [-0.05, 0) is 61.3 Å². The van der Waals surface area contributed by atoms with Gasteiger partial charge in [0.25, 0.3) is 0 Å². The molecule has 0 aromatic carbocycles. The third-order valence-electron chi connectivity index (χ3n) is 2.55. The fraction of sp³-hybridized carbons (Fsp3) is 0.583.